The van der Waals surface area contributed by atoms with Gasteiger partial charge in [-0.3, -0.25) is 0 Å². The number of benzene rings is 8. The van der Waals surface area contributed by atoms with Crippen molar-refractivity contribution < 1.29 is 4.42 Å². The third kappa shape index (κ3) is 4.81. The van der Waals surface area contributed by atoms with Gasteiger partial charge in [-0.05, 0) is 93.0 Å². The van der Waals surface area contributed by atoms with Crippen molar-refractivity contribution in [3.05, 3.63) is 169 Å². The van der Waals surface area contributed by atoms with Crippen LogP contribution < -0.4 is 0 Å². The summed E-state index contributed by atoms with van der Waals surface area (Å²) in [4.78, 5) is 15.6. The largest absolute Gasteiger partial charge is 0.456 e. The van der Waals surface area contributed by atoms with E-state index >= 15 is 0 Å². The third-order valence-electron chi connectivity index (χ3n) is 11.4. The zero-order chi connectivity index (χ0) is 36.7. The molecule has 12 rings (SSSR count). The highest BCUT2D eigenvalue weighted by molar-refractivity contribution is 7.26. The van der Waals surface area contributed by atoms with E-state index in [2.05, 4.69) is 115 Å². The number of para-hydroxylation sites is 1. The maximum atomic E-state index is 6.28. The molecule has 1 aliphatic carbocycles. The van der Waals surface area contributed by atoms with E-state index in [-0.39, 0.29) is 0 Å². The number of thiophene rings is 1. The molecule has 0 saturated carbocycles. The van der Waals surface area contributed by atoms with Crippen LogP contribution in [-0.2, 0) is 6.42 Å². The van der Waals surface area contributed by atoms with E-state index in [1.54, 1.807) is 0 Å². The fourth-order valence-electron chi connectivity index (χ4n) is 8.84. The van der Waals surface area contributed by atoms with Crippen molar-refractivity contribution in [2.24, 2.45) is 0 Å². The normalized spacial score (nSPS) is 12.8. The number of nitrogens with zero attached hydrogens (tertiary/aromatic N) is 3. The number of rotatable bonds is 4. The molecule has 0 fully saturated rings. The second-order valence-corrected chi connectivity index (χ2v) is 15.7. The summed E-state index contributed by atoms with van der Waals surface area (Å²) in [5.41, 5.74) is 9.73. The molecule has 3 aromatic heterocycles. The van der Waals surface area contributed by atoms with Crippen LogP contribution in [0.15, 0.2) is 162 Å². The minimum atomic E-state index is 0.616. The van der Waals surface area contributed by atoms with Crippen molar-refractivity contribution >= 4 is 81.1 Å². The first kappa shape index (κ1) is 31.4. The molecule has 0 bridgehead atoms. The van der Waals surface area contributed by atoms with Crippen molar-refractivity contribution in [1.82, 2.24) is 15.0 Å². The van der Waals surface area contributed by atoms with Gasteiger partial charge in [-0.25, -0.2) is 15.0 Å². The molecule has 4 nitrogen and oxygen atoms in total. The lowest BCUT2D eigenvalue weighted by Crippen LogP contribution is -2.00. The molecule has 5 heteroatoms. The number of hydrogen-bond acceptors (Lipinski definition) is 5. The SMILES string of the molecule is C1=Cc2c(c3cc(-c4ccc5sc6cccc(-c7nc(-c8ccccc8)nc(-c8cccc9oc%10ccccc%10c89)n7)c6c5c4)ccc3c3ccccc23)CC1. The Morgan fingerprint density at radius 2 is 1.11 bits per heavy atom. The number of fused-ring (bicyclic) bond motifs is 12. The van der Waals surface area contributed by atoms with Crippen LogP contribution >= 0.6 is 11.3 Å². The fourth-order valence-corrected chi connectivity index (χ4v) is 9.96. The maximum Gasteiger partial charge on any atom is 0.164 e. The van der Waals surface area contributed by atoms with Crippen LogP contribution in [0.25, 0.3) is 115 Å². The standard InChI is InChI=1S/C51H31N3OS/c1-2-12-30(13-3-1)49-52-50(39-19-10-22-44-47(39)38-18-8-9-21-43(38)55-44)54-51(53-49)40-20-11-23-46-48(40)42-29-32(25-27-45(42)56-46)31-24-26-37-35-16-5-4-14-33(35)34-15-6-7-17-36(34)41(37)28-31/h1-6,8-16,18-29H,7,17H2. The number of furan rings is 1. The first-order chi connectivity index (χ1) is 27.7. The summed E-state index contributed by atoms with van der Waals surface area (Å²) in [5, 5.41) is 9.72. The van der Waals surface area contributed by atoms with E-state index in [1.165, 1.54) is 58.6 Å². The third-order valence-corrected chi connectivity index (χ3v) is 12.5. The van der Waals surface area contributed by atoms with Crippen LogP contribution in [0.3, 0.4) is 0 Å². The predicted molar refractivity (Wildman–Crippen MR) is 234 cm³/mol. The van der Waals surface area contributed by atoms with Gasteiger partial charge in [0.15, 0.2) is 17.5 Å². The van der Waals surface area contributed by atoms with Crippen LogP contribution in [0.4, 0.5) is 0 Å². The molecule has 0 radical (unpaired) electrons. The Bertz CT molecular complexity index is 3430. The Morgan fingerprint density at radius 1 is 0.446 bits per heavy atom. The Labute approximate surface area is 326 Å². The molecule has 0 unspecified atom stereocenters. The van der Waals surface area contributed by atoms with Gasteiger partial charge in [-0.2, -0.15) is 0 Å². The zero-order valence-electron chi connectivity index (χ0n) is 30.2. The number of aryl methyl sites for hydroxylation is 1. The predicted octanol–water partition coefficient (Wildman–Crippen LogP) is 14.1. The van der Waals surface area contributed by atoms with Gasteiger partial charge in [-0.1, -0.05) is 127 Å². The minimum absolute atomic E-state index is 0.616. The lowest BCUT2D eigenvalue weighted by atomic mass is 9.85. The second kappa shape index (κ2) is 12.3. The highest BCUT2D eigenvalue weighted by atomic mass is 32.1. The molecule has 0 aliphatic heterocycles. The van der Waals surface area contributed by atoms with Gasteiger partial charge in [0.25, 0.3) is 0 Å². The van der Waals surface area contributed by atoms with Crippen molar-refractivity contribution in [3.63, 3.8) is 0 Å². The average Bonchev–Trinajstić information content (AvgIpc) is 3.85. The summed E-state index contributed by atoms with van der Waals surface area (Å²) in [7, 11) is 0. The summed E-state index contributed by atoms with van der Waals surface area (Å²) >= 11 is 1.81. The monoisotopic (exact) mass is 733 g/mol. The summed E-state index contributed by atoms with van der Waals surface area (Å²) in [6.07, 6.45) is 6.76. The molecular formula is C51H31N3OS. The molecular weight excluding hydrogens is 703 g/mol. The first-order valence-corrected chi connectivity index (χ1v) is 19.9. The van der Waals surface area contributed by atoms with Gasteiger partial charge in [0, 0.05) is 47.6 Å². The Kier molecular flexibility index (Phi) is 6.89. The van der Waals surface area contributed by atoms with Crippen molar-refractivity contribution in [2.45, 2.75) is 12.8 Å². The molecule has 11 aromatic rings. The van der Waals surface area contributed by atoms with Crippen molar-refractivity contribution in [3.8, 4) is 45.3 Å². The quantitative estimate of drug-likeness (QED) is 0.169. The molecule has 56 heavy (non-hydrogen) atoms. The summed E-state index contributed by atoms with van der Waals surface area (Å²) in [5.74, 6) is 1.89. The van der Waals surface area contributed by atoms with E-state index in [9.17, 15) is 0 Å². The molecule has 262 valence electrons. The topological polar surface area (TPSA) is 51.8 Å². The molecule has 3 heterocycles. The number of aromatic nitrogens is 3. The molecule has 0 N–H and O–H groups in total. The van der Waals surface area contributed by atoms with E-state index in [4.69, 9.17) is 19.4 Å². The Hall–Kier alpha value is -6.95. The van der Waals surface area contributed by atoms with Gasteiger partial charge in [-0.15, -0.1) is 11.3 Å². The number of hydrogen-bond donors (Lipinski definition) is 0. The smallest absolute Gasteiger partial charge is 0.164 e. The van der Waals surface area contributed by atoms with Gasteiger partial charge >= 0.3 is 0 Å². The van der Waals surface area contributed by atoms with Crippen LogP contribution in [-0.4, -0.2) is 15.0 Å². The van der Waals surface area contributed by atoms with E-state index in [0.29, 0.717) is 17.5 Å². The summed E-state index contributed by atoms with van der Waals surface area (Å²) in [6.45, 7) is 0. The highest BCUT2D eigenvalue weighted by Crippen LogP contribution is 2.44. The van der Waals surface area contributed by atoms with E-state index in [0.717, 1.165) is 56.9 Å². The Morgan fingerprint density at radius 3 is 1.96 bits per heavy atom. The molecule has 8 aromatic carbocycles. The van der Waals surface area contributed by atoms with E-state index < -0.39 is 0 Å². The van der Waals surface area contributed by atoms with Gasteiger partial charge < -0.3 is 4.42 Å². The van der Waals surface area contributed by atoms with E-state index in [1.807, 2.05) is 59.9 Å². The van der Waals surface area contributed by atoms with Crippen molar-refractivity contribution in [1.29, 1.82) is 0 Å². The van der Waals surface area contributed by atoms with Crippen LogP contribution in [0.5, 0.6) is 0 Å². The van der Waals surface area contributed by atoms with Gasteiger partial charge in [0.1, 0.15) is 11.2 Å². The Balaban J connectivity index is 1.07. The summed E-state index contributed by atoms with van der Waals surface area (Å²) < 4.78 is 8.72. The van der Waals surface area contributed by atoms with Gasteiger partial charge in [0.2, 0.25) is 0 Å². The van der Waals surface area contributed by atoms with Crippen LogP contribution in [0.1, 0.15) is 17.5 Å². The van der Waals surface area contributed by atoms with Crippen molar-refractivity contribution in [2.75, 3.05) is 0 Å². The molecule has 0 spiro atoms. The molecule has 1 aliphatic rings. The summed E-state index contributed by atoms with van der Waals surface area (Å²) in [6, 6.07) is 53.7. The van der Waals surface area contributed by atoms with Crippen LogP contribution in [0.2, 0.25) is 0 Å². The molecule has 0 saturated heterocycles. The highest BCUT2D eigenvalue weighted by Gasteiger charge is 2.21. The number of allylic oxidation sites excluding steroid dienone is 1. The average molecular weight is 734 g/mol. The minimum Gasteiger partial charge on any atom is -0.456 e. The second-order valence-electron chi connectivity index (χ2n) is 14.6. The first-order valence-electron chi connectivity index (χ1n) is 19.1. The lowest BCUT2D eigenvalue weighted by molar-refractivity contribution is 0.669. The van der Waals surface area contributed by atoms with Crippen LogP contribution in [0, 0.1) is 0 Å². The van der Waals surface area contributed by atoms with Gasteiger partial charge in [0.05, 0.1) is 0 Å². The zero-order valence-corrected chi connectivity index (χ0v) is 31.0. The fraction of sp³-hybridized carbons (Fsp3) is 0.0392. The maximum absolute atomic E-state index is 6.28. The molecule has 0 amide bonds. The molecule has 0 atom stereocenters. The lowest BCUT2D eigenvalue weighted by Gasteiger charge is -2.18.